The molecule has 1 fully saturated rings. The molecule has 1 aliphatic rings. The van der Waals surface area contributed by atoms with Crippen LogP contribution in [-0.4, -0.2) is 47.4 Å². The molecule has 1 aliphatic heterocycles. The van der Waals surface area contributed by atoms with Crippen molar-refractivity contribution in [2.75, 3.05) is 12.8 Å². The first-order valence-corrected chi connectivity index (χ1v) is 9.81. The molecule has 2 heterocycles. The predicted molar refractivity (Wildman–Crippen MR) is 92.0 cm³/mol. The van der Waals surface area contributed by atoms with Gasteiger partial charge in [0.1, 0.15) is 11.9 Å². The highest BCUT2D eigenvalue weighted by Gasteiger charge is 2.36. The second-order valence-electron chi connectivity index (χ2n) is 6.34. The van der Waals surface area contributed by atoms with E-state index < -0.39 is 16.1 Å². The van der Waals surface area contributed by atoms with E-state index in [1.54, 1.807) is 0 Å². The standard InChI is InChI=1S/C16H22N4O3S/c1-10-6-7-12-15(11(10)2)19-14(18-12)9-17-16(21)13-5-4-8-20(13)24(3,22)23/h6-7,13H,4-5,8-9H2,1-3H3,(H,17,21)(H,18,19)/t13-/m1/s1. The van der Waals surface area contributed by atoms with E-state index in [-0.39, 0.29) is 12.5 Å². The van der Waals surface area contributed by atoms with Crippen LogP contribution >= 0.6 is 0 Å². The van der Waals surface area contributed by atoms with Gasteiger partial charge in [-0.15, -0.1) is 0 Å². The quantitative estimate of drug-likeness (QED) is 0.867. The fourth-order valence-electron chi connectivity index (χ4n) is 3.14. The van der Waals surface area contributed by atoms with E-state index >= 15 is 0 Å². The largest absolute Gasteiger partial charge is 0.347 e. The molecule has 1 atom stereocenters. The van der Waals surface area contributed by atoms with Gasteiger partial charge in [-0.1, -0.05) is 6.07 Å². The van der Waals surface area contributed by atoms with E-state index in [1.165, 1.54) is 9.87 Å². The number of carbonyl (C=O) groups is 1. The second kappa shape index (κ2) is 6.18. The van der Waals surface area contributed by atoms with E-state index in [0.717, 1.165) is 22.9 Å². The Kier molecular flexibility index (Phi) is 4.35. The van der Waals surface area contributed by atoms with Crippen molar-refractivity contribution < 1.29 is 13.2 Å². The number of sulfonamides is 1. The summed E-state index contributed by atoms with van der Waals surface area (Å²) in [5, 5.41) is 2.80. The Labute approximate surface area is 141 Å². The Morgan fingerprint density at radius 1 is 1.42 bits per heavy atom. The van der Waals surface area contributed by atoms with E-state index in [2.05, 4.69) is 15.3 Å². The molecule has 0 aliphatic carbocycles. The summed E-state index contributed by atoms with van der Waals surface area (Å²) in [5.74, 6) is 0.391. The predicted octanol–water partition coefficient (Wildman–Crippen LogP) is 1.22. The number of aromatic nitrogens is 2. The molecule has 0 bridgehead atoms. The SMILES string of the molecule is Cc1ccc2[nH]c(CNC(=O)[C@H]3CCCN3S(C)(=O)=O)nc2c1C. The Balaban J connectivity index is 1.72. The Morgan fingerprint density at radius 2 is 2.17 bits per heavy atom. The first-order chi connectivity index (χ1) is 11.3. The van der Waals surface area contributed by atoms with Crippen molar-refractivity contribution in [3.05, 3.63) is 29.1 Å². The number of imidazole rings is 1. The highest BCUT2D eigenvalue weighted by Crippen LogP contribution is 2.21. The van der Waals surface area contributed by atoms with Crippen LogP contribution in [0.5, 0.6) is 0 Å². The average Bonchev–Trinajstić information content (AvgIpc) is 3.15. The maximum atomic E-state index is 12.4. The summed E-state index contributed by atoms with van der Waals surface area (Å²) in [5.41, 5.74) is 4.11. The number of nitrogens with one attached hydrogen (secondary N) is 2. The monoisotopic (exact) mass is 350 g/mol. The molecular formula is C16H22N4O3S. The van der Waals surface area contributed by atoms with Crippen molar-refractivity contribution in [3.63, 3.8) is 0 Å². The van der Waals surface area contributed by atoms with Crippen molar-refractivity contribution in [1.82, 2.24) is 19.6 Å². The van der Waals surface area contributed by atoms with E-state index in [0.29, 0.717) is 25.2 Å². The molecule has 1 amide bonds. The van der Waals surface area contributed by atoms with Crippen LogP contribution in [0.15, 0.2) is 12.1 Å². The van der Waals surface area contributed by atoms with Gasteiger partial charge in [0.05, 0.1) is 23.8 Å². The van der Waals surface area contributed by atoms with Crippen LogP contribution < -0.4 is 5.32 Å². The van der Waals surface area contributed by atoms with Gasteiger partial charge in [-0.2, -0.15) is 4.31 Å². The van der Waals surface area contributed by atoms with E-state index in [4.69, 9.17) is 0 Å². The highest BCUT2D eigenvalue weighted by molar-refractivity contribution is 7.88. The molecule has 3 rings (SSSR count). The molecule has 7 nitrogen and oxygen atoms in total. The van der Waals surface area contributed by atoms with Crippen LogP contribution in [0.3, 0.4) is 0 Å². The number of aryl methyl sites for hydroxylation is 2. The topological polar surface area (TPSA) is 95.2 Å². The van der Waals surface area contributed by atoms with E-state index in [9.17, 15) is 13.2 Å². The molecule has 0 spiro atoms. The minimum Gasteiger partial charge on any atom is -0.347 e. The van der Waals surface area contributed by atoms with Gasteiger partial charge >= 0.3 is 0 Å². The lowest BCUT2D eigenvalue weighted by Crippen LogP contribution is -2.45. The van der Waals surface area contributed by atoms with Crippen LogP contribution in [-0.2, 0) is 21.4 Å². The molecular weight excluding hydrogens is 328 g/mol. The number of benzene rings is 1. The van der Waals surface area contributed by atoms with Gasteiger partial charge in [0.15, 0.2) is 0 Å². The summed E-state index contributed by atoms with van der Waals surface area (Å²) < 4.78 is 24.7. The van der Waals surface area contributed by atoms with Crippen LogP contribution in [0.1, 0.15) is 29.8 Å². The molecule has 24 heavy (non-hydrogen) atoms. The zero-order valence-electron chi connectivity index (χ0n) is 14.1. The third kappa shape index (κ3) is 3.16. The lowest BCUT2D eigenvalue weighted by molar-refractivity contribution is -0.124. The minimum atomic E-state index is -3.36. The highest BCUT2D eigenvalue weighted by atomic mass is 32.2. The average molecular weight is 350 g/mol. The minimum absolute atomic E-state index is 0.250. The zero-order chi connectivity index (χ0) is 17.5. The van der Waals surface area contributed by atoms with Crippen molar-refractivity contribution in [1.29, 1.82) is 0 Å². The summed E-state index contributed by atoms with van der Waals surface area (Å²) in [7, 11) is -3.36. The molecule has 1 saturated heterocycles. The maximum Gasteiger partial charge on any atom is 0.238 e. The molecule has 2 aromatic rings. The molecule has 0 unspecified atom stereocenters. The fraction of sp³-hybridized carbons (Fsp3) is 0.500. The molecule has 8 heteroatoms. The summed E-state index contributed by atoms with van der Waals surface area (Å²) in [6, 6.07) is 3.38. The second-order valence-corrected chi connectivity index (χ2v) is 8.27. The first kappa shape index (κ1) is 16.9. The smallest absolute Gasteiger partial charge is 0.238 e. The molecule has 0 saturated carbocycles. The Bertz CT molecular complexity index is 888. The van der Waals surface area contributed by atoms with Gasteiger partial charge in [0.25, 0.3) is 0 Å². The zero-order valence-corrected chi connectivity index (χ0v) is 14.9. The van der Waals surface area contributed by atoms with Crippen molar-refractivity contribution in [3.8, 4) is 0 Å². The van der Waals surface area contributed by atoms with Crippen LogP contribution in [0.4, 0.5) is 0 Å². The molecule has 2 N–H and O–H groups in total. The molecule has 0 radical (unpaired) electrons. The summed E-state index contributed by atoms with van der Waals surface area (Å²) >= 11 is 0. The van der Waals surface area contributed by atoms with Crippen molar-refractivity contribution in [2.24, 2.45) is 0 Å². The number of hydrogen-bond donors (Lipinski definition) is 2. The van der Waals surface area contributed by atoms with Crippen LogP contribution in [0.2, 0.25) is 0 Å². The summed E-state index contributed by atoms with van der Waals surface area (Å²) in [6.07, 6.45) is 2.40. The molecule has 130 valence electrons. The normalized spacial score (nSPS) is 19.0. The third-order valence-electron chi connectivity index (χ3n) is 4.59. The maximum absolute atomic E-state index is 12.4. The summed E-state index contributed by atoms with van der Waals surface area (Å²) in [4.78, 5) is 20.1. The number of nitrogens with zero attached hydrogens (tertiary/aromatic N) is 2. The van der Waals surface area contributed by atoms with Crippen molar-refractivity contribution >= 4 is 27.0 Å². The number of fused-ring (bicyclic) bond motifs is 1. The molecule has 1 aromatic carbocycles. The van der Waals surface area contributed by atoms with Crippen LogP contribution in [0, 0.1) is 13.8 Å². The number of H-pyrrole nitrogens is 1. The number of aromatic amines is 1. The third-order valence-corrected chi connectivity index (χ3v) is 5.88. The van der Waals surface area contributed by atoms with Gasteiger partial charge < -0.3 is 10.3 Å². The number of carbonyl (C=O) groups excluding carboxylic acids is 1. The van der Waals surface area contributed by atoms with Gasteiger partial charge in [0, 0.05) is 6.54 Å². The fourth-order valence-corrected chi connectivity index (χ4v) is 4.26. The van der Waals surface area contributed by atoms with Gasteiger partial charge in [-0.25, -0.2) is 13.4 Å². The van der Waals surface area contributed by atoms with Gasteiger partial charge in [0.2, 0.25) is 15.9 Å². The van der Waals surface area contributed by atoms with Gasteiger partial charge in [-0.3, -0.25) is 4.79 Å². The number of hydrogen-bond acceptors (Lipinski definition) is 4. The number of amides is 1. The van der Waals surface area contributed by atoms with Crippen LogP contribution in [0.25, 0.3) is 11.0 Å². The lowest BCUT2D eigenvalue weighted by atomic mass is 10.1. The lowest BCUT2D eigenvalue weighted by Gasteiger charge is -2.21. The Morgan fingerprint density at radius 3 is 2.88 bits per heavy atom. The van der Waals surface area contributed by atoms with E-state index in [1.807, 2.05) is 26.0 Å². The summed E-state index contributed by atoms with van der Waals surface area (Å²) in [6.45, 7) is 4.70. The molecule has 1 aromatic heterocycles. The first-order valence-electron chi connectivity index (χ1n) is 7.96. The number of rotatable bonds is 4. The van der Waals surface area contributed by atoms with Gasteiger partial charge in [-0.05, 0) is 43.9 Å². The Hall–Kier alpha value is -1.93. The van der Waals surface area contributed by atoms with Crippen molar-refractivity contribution in [2.45, 2.75) is 39.3 Å².